The van der Waals surface area contributed by atoms with Crippen LogP contribution in [0.1, 0.15) is 20.1 Å². The van der Waals surface area contributed by atoms with E-state index in [0.717, 1.165) is 15.3 Å². The van der Waals surface area contributed by atoms with Crippen molar-refractivity contribution in [1.82, 2.24) is 4.90 Å². The lowest BCUT2D eigenvalue weighted by Crippen LogP contribution is -2.50. The fraction of sp³-hybridized carbons (Fsp3) is 0.583. The maximum Gasteiger partial charge on any atom is 0.255 e. The van der Waals surface area contributed by atoms with Gasteiger partial charge in [-0.15, -0.1) is 11.3 Å². The van der Waals surface area contributed by atoms with Gasteiger partial charge in [-0.1, -0.05) is 0 Å². The molecule has 1 aromatic rings. The van der Waals surface area contributed by atoms with Crippen molar-refractivity contribution in [2.45, 2.75) is 19.9 Å². The number of aliphatic hydroxyl groups is 1. The van der Waals surface area contributed by atoms with Crippen molar-refractivity contribution in [3.8, 4) is 0 Å². The Bertz CT molecular complexity index is 416. The minimum atomic E-state index is -0.212. The molecule has 1 amide bonds. The van der Waals surface area contributed by atoms with Crippen molar-refractivity contribution >= 4 is 17.2 Å². The Kier molecular flexibility index (Phi) is 3.81. The quantitative estimate of drug-likeness (QED) is 0.864. The number of rotatable bonds is 2. The Hall–Kier alpha value is -0.910. The Morgan fingerprint density at radius 1 is 1.65 bits per heavy atom. The highest BCUT2D eigenvalue weighted by Crippen LogP contribution is 2.23. The van der Waals surface area contributed by atoms with Gasteiger partial charge in [-0.3, -0.25) is 4.79 Å². The number of morpholine rings is 1. The van der Waals surface area contributed by atoms with E-state index in [1.165, 1.54) is 0 Å². The van der Waals surface area contributed by atoms with Crippen molar-refractivity contribution < 1.29 is 14.6 Å². The van der Waals surface area contributed by atoms with Gasteiger partial charge < -0.3 is 14.7 Å². The summed E-state index contributed by atoms with van der Waals surface area (Å²) in [6.07, 6.45) is 0. The maximum absolute atomic E-state index is 12.4. The summed E-state index contributed by atoms with van der Waals surface area (Å²) in [5.41, 5.74) is 0.757. The fourth-order valence-electron chi connectivity index (χ4n) is 2.07. The molecule has 0 aromatic carbocycles. The van der Waals surface area contributed by atoms with Crippen LogP contribution < -0.4 is 0 Å². The van der Waals surface area contributed by atoms with Gasteiger partial charge in [-0.2, -0.15) is 0 Å². The first-order valence-electron chi connectivity index (χ1n) is 5.70. The SMILES string of the molecule is Cc1cc(C(=O)N2CCOCC2CO)c(C)s1. The van der Waals surface area contributed by atoms with Crippen LogP contribution in [0.4, 0.5) is 0 Å². The number of aliphatic hydroxyl groups excluding tert-OH is 1. The summed E-state index contributed by atoms with van der Waals surface area (Å²) >= 11 is 1.63. The van der Waals surface area contributed by atoms with Gasteiger partial charge in [0, 0.05) is 16.3 Å². The van der Waals surface area contributed by atoms with Gasteiger partial charge in [0.05, 0.1) is 31.4 Å². The molecule has 0 aliphatic carbocycles. The minimum absolute atomic E-state index is 0.00852. The highest BCUT2D eigenvalue weighted by molar-refractivity contribution is 7.12. The molecule has 4 nitrogen and oxygen atoms in total. The van der Waals surface area contributed by atoms with Crippen LogP contribution in [0.15, 0.2) is 6.07 Å². The van der Waals surface area contributed by atoms with E-state index in [1.807, 2.05) is 19.9 Å². The van der Waals surface area contributed by atoms with Gasteiger partial charge >= 0.3 is 0 Å². The zero-order valence-electron chi connectivity index (χ0n) is 10.1. The summed E-state index contributed by atoms with van der Waals surface area (Å²) in [5, 5.41) is 9.26. The molecule has 17 heavy (non-hydrogen) atoms. The zero-order valence-corrected chi connectivity index (χ0v) is 10.9. The molecule has 0 radical (unpaired) electrons. The third-order valence-electron chi connectivity index (χ3n) is 2.97. The van der Waals surface area contributed by atoms with E-state index in [2.05, 4.69) is 0 Å². The Morgan fingerprint density at radius 2 is 2.41 bits per heavy atom. The van der Waals surface area contributed by atoms with E-state index < -0.39 is 0 Å². The van der Waals surface area contributed by atoms with E-state index in [9.17, 15) is 9.90 Å². The van der Waals surface area contributed by atoms with Crippen LogP contribution in [0.5, 0.6) is 0 Å². The molecule has 1 saturated heterocycles. The summed E-state index contributed by atoms with van der Waals surface area (Å²) in [6, 6.07) is 1.71. The Labute approximate surface area is 105 Å². The molecular formula is C12H17NO3S. The van der Waals surface area contributed by atoms with E-state index in [-0.39, 0.29) is 18.6 Å². The first kappa shape index (κ1) is 12.5. The van der Waals surface area contributed by atoms with Crippen LogP contribution in [-0.2, 0) is 4.74 Å². The molecule has 2 heterocycles. The van der Waals surface area contributed by atoms with E-state index in [0.29, 0.717) is 19.8 Å². The molecule has 94 valence electrons. The molecule has 1 fully saturated rings. The lowest BCUT2D eigenvalue weighted by atomic mass is 10.1. The Morgan fingerprint density at radius 3 is 3.00 bits per heavy atom. The number of hydrogen-bond donors (Lipinski definition) is 1. The van der Waals surface area contributed by atoms with Gasteiger partial charge in [0.1, 0.15) is 0 Å². The van der Waals surface area contributed by atoms with Crippen LogP contribution in [0, 0.1) is 13.8 Å². The summed E-state index contributed by atoms with van der Waals surface area (Å²) in [6.45, 7) is 5.43. The largest absolute Gasteiger partial charge is 0.394 e. The smallest absolute Gasteiger partial charge is 0.255 e. The average molecular weight is 255 g/mol. The monoisotopic (exact) mass is 255 g/mol. The van der Waals surface area contributed by atoms with Gasteiger partial charge in [0.15, 0.2) is 0 Å². The van der Waals surface area contributed by atoms with Crippen molar-refractivity contribution in [3.05, 3.63) is 21.4 Å². The van der Waals surface area contributed by atoms with Crippen LogP contribution in [0.2, 0.25) is 0 Å². The molecule has 0 spiro atoms. The molecule has 1 atom stereocenters. The van der Waals surface area contributed by atoms with Gasteiger partial charge in [0.2, 0.25) is 0 Å². The lowest BCUT2D eigenvalue weighted by molar-refractivity contribution is -0.0184. The van der Waals surface area contributed by atoms with Crippen LogP contribution in [0.25, 0.3) is 0 Å². The minimum Gasteiger partial charge on any atom is -0.394 e. The third-order valence-corrected chi connectivity index (χ3v) is 3.94. The molecule has 5 heteroatoms. The zero-order chi connectivity index (χ0) is 12.4. The van der Waals surface area contributed by atoms with Crippen LogP contribution >= 0.6 is 11.3 Å². The van der Waals surface area contributed by atoms with Crippen molar-refractivity contribution in [1.29, 1.82) is 0 Å². The molecule has 1 aliphatic heterocycles. The number of carbonyl (C=O) groups excluding carboxylic acids is 1. The number of nitrogens with zero attached hydrogens (tertiary/aromatic N) is 1. The van der Waals surface area contributed by atoms with E-state index >= 15 is 0 Å². The average Bonchev–Trinajstić information content (AvgIpc) is 2.67. The topological polar surface area (TPSA) is 49.8 Å². The first-order chi connectivity index (χ1) is 8.13. The standard InChI is InChI=1S/C12H17NO3S/c1-8-5-11(9(2)17-8)12(15)13-3-4-16-7-10(13)6-14/h5,10,14H,3-4,6-7H2,1-2H3. The number of amides is 1. The second-order valence-electron chi connectivity index (χ2n) is 4.24. The third kappa shape index (κ3) is 2.51. The highest BCUT2D eigenvalue weighted by Gasteiger charge is 2.28. The Balaban J connectivity index is 2.21. The molecule has 1 aliphatic rings. The van der Waals surface area contributed by atoms with Crippen molar-refractivity contribution in [2.24, 2.45) is 0 Å². The van der Waals surface area contributed by atoms with Gasteiger partial charge in [0.25, 0.3) is 5.91 Å². The summed E-state index contributed by atoms with van der Waals surface area (Å²) in [4.78, 5) is 16.3. The van der Waals surface area contributed by atoms with Gasteiger partial charge in [-0.05, 0) is 19.9 Å². The first-order valence-corrected chi connectivity index (χ1v) is 6.51. The molecular weight excluding hydrogens is 238 g/mol. The van der Waals surface area contributed by atoms with Crippen LogP contribution in [-0.4, -0.2) is 48.3 Å². The van der Waals surface area contributed by atoms with Crippen LogP contribution in [0.3, 0.4) is 0 Å². The summed E-state index contributed by atoms with van der Waals surface area (Å²) in [5.74, 6) is 0.00852. The summed E-state index contributed by atoms with van der Waals surface area (Å²) in [7, 11) is 0. The highest BCUT2D eigenvalue weighted by atomic mass is 32.1. The number of aryl methyl sites for hydroxylation is 2. The van der Waals surface area contributed by atoms with E-state index in [4.69, 9.17) is 4.74 Å². The second-order valence-corrected chi connectivity index (χ2v) is 5.70. The number of thiophene rings is 1. The second kappa shape index (κ2) is 5.16. The lowest BCUT2D eigenvalue weighted by Gasteiger charge is -2.34. The number of carbonyl (C=O) groups is 1. The van der Waals surface area contributed by atoms with Crippen molar-refractivity contribution in [3.63, 3.8) is 0 Å². The molecule has 2 rings (SSSR count). The molecule has 0 bridgehead atoms. The fourth-order valence-corrected chi connectivity index (χ4v) is 2.99. The van der Waals surface area contributed by atoms with Crippen molar-refractivity contribution in [2.75, 3.05) is 26.4 Å². The maximum atomic E-state index is 12.4. The molecule has 0 saturated carbocycles. The molecule has 1 aromatic heterocycles. The summed E-state index contributed by atoms with van der Waals surface area (Å²) < 4.78 is 5.27. The molecule has 1 unspecified atom stereocenters. The molecule has 1 N–H and O–H groups in total. The van der Waals surface area contributed by atoms with Gasteiger partial charge in [-0.25, -0.2) is 0 Å². The predicted octanol–water partition coefficient (Wildman–Crippen LogP) is 1.20. The van der Waals surface area contributed by atoms with E-state index in [1.54, 1.807) is 16.2 Å². The predicted molar refractivity (Wildman–Crippen MR) is 66.5 cm³/mol. The normalized spacial score (nSPS) is 20.6. The number of hydrogen-bond acceptors (Lipinski definition) is 4. The number of ether oxygens (including phenoxy) is 1.